The van der Waals surface area contributed by atoms with Crippen molar-refractivity contribution in [3.63, 3.8) is 0 Å². The van der Waals surface area contributed by atoms with Gasteiger partial charge in [0, 0.05) is 63.8 Å². The second-order valence-electron chi connectivity index (χ2n) is 19.6. The van der Waals surface area contributed by atoms with Gasteiger partial charge in [-0.05, 0) is 135 Å². The summed E-state index contributed by atoms with van der Waals surface area (Å²) < 4.78 is 1.90. The summed E-state index contributed by atoms with van der Waals surface area (Å²) in [5, 5.41) is 29.7. The number of hydrogen-bond donors (Lipinski definition) is 2. The Hall–Kier alpha value is -9.53. The molecule has 7 aromatic rings. The van der Waals surface area contributed by atoms with Crippen molar-refractivity contribution >= 4 is 35.5 Å². The Labute approximate surface area is 445 Å². The maximum atomic E-state index is 10.7. The molecule has 0 amide bonds. The van der Waals surface area contributed by atoms with Gasteiger partial charge in [0.25, 0.3) is 0 Å². The summed E-state index contributed by atoms with van der Waals surface area (Å²) in [4.78, 5) is 28.6. The molecule has 0 unspecified atom stereocenters. The molecule has 380 valence electrons. The minimum atomic E-state index is -0.961. The number of azide groups is 1. The molecule has 12 heteroatoms. The van der Waals surface area contributed by atoms with E-state index in [-0.39, 0.29) is 10.8 Å². The largest absolute Gasteiger partial charge is 0.478 e. The van der Waals surface area contributed by atoms with E-state index in [0.717, 1.165) is 82.7 Å². The average molecular weight is 1010 g/mol. The predicted molar refractivity (Wildman–Crippen MR) is 303 cm³/mol. The first-order valence-corrected chi connectivity index (χ1v) is 24.9. The van der Waals surface area contributed by atoms with E-state index in [1.807, 2.05) is 114 Å². The van der Waals surface area contributed by atoms with Crippen molar-refractivity contribution in [3.05, 3.63) is 236 Å². The summed E-state index contributed by atoms with van der Waals surface area (Å²) >= 11 is 0. The Morgan fingerprint density at radius 1 is 0.645 bits per heavy atom. The van der Waals surface area contributed by atoms with E-state index >= 15 is 0 Å². The topological polar surface area (TPSA) is 161 Å². The van der Waals surface area contributed by atoms with E-state index in [2.05, 4.69) is 130 Å². The molecule has 1 aromatic heterocycles. The Balaban J connectivity index is 0.000000193. The van der Waals surface area contributed by atoms with Crippen molar-refractivity contribution in [1.29, 1.82) is 0 Å². The summed E-state index contributed by atoms with van der Waals surface area (Å²) in [6.45, 7) is 13.5. The zero-order valence-electron chi connectivity index (χ0n) is 43.3. The highest BCUT2D eigenvalue weighted by molar-refractivity contribution is 5.85. The van der Waals surface area contributed by atoms with E-state index < -0.39 is 11.9 Å². The highest BCUT2D eigenvalue weighted by Gasteiger charge is 2.32. The van der Waals surface area contributed by atoms with Crippen LogP contribution in [0.2, 0.25) is 0 Å². The van der Waals surface area contributed by atoms with Crippen LogP contribution in [0, 0.1) is 36.0 Å². The molecule has 0 spiro atoms. The van der Waals surface area contributed by atoms with Gasteiger partial charge < -0.3 is 20.0 Å². The maximum absolute atomic E-state index is 10.7. The molecule has 0 bridgehead atoms. The molecule has 2 aliphatic rings. The number of aromatic nitrogens is 3. The average Bonchev–Trinajstić information content (AvgIpc) is 3.91. The molecule has 76 heavy (non-hydrogen) atoms. The van der Waals surface area contributed by atoms with Crippen LogP contribution >= 0.6 is 0 Å². The second-order valence-corrected chi connectivity index (χ2v) is 19.6. The molecule has 0 atom stereocenters. The first-order valence-electron chi connectivity index (χ1n) is 24.9. The van der Waals surface area contributed by atoms with Crippen LogP contribution < -0.4 is 9.80 Å². The van der Waals surface area contributed by atoms with Crippen molar-refractivity contribution in [2.45, 2.75) is 71.0 Å². The normalized spacial score (nSPS) is 13.6. The summed E-state index contributed by atoms with van der Waals surface area (Å²) in [7, 11) is 0. The Kier molecular flexibility index (Phi) is 18.5. The number of nitrogens with zero attached hydrogens (tertiary/aromatic N) is 8. The van der Waals surface area contributed by atoms with Crippen LogP contribution in [-0.4, -0.2) is 56.8 Å². The van der Waals surface area contributed by atoms with Crippen molar-refractivity contribution in [2.24, 2.45) is 5.11 Å². The summed E-state index contributed by atoms with van der Waals surface area (Å²) in [5.74, 6) is 13.8. The van der Waals surface area contributed by atoms with Gasteiger partial charge in [0.15, 0.2) is 0 Å². The van der Waals surface area contributed by atoms with Crippen LogP contribution in [0.25, 0.3) is 22.6 Å². The smallest absolute Gasteiger partial charge is 0.328 e. The van der Waals surface area contributed by atoms with Crippen molar-refractivity contribution in [1.82, 2.24) is 15.0 Å². The van der Waals surface area contributed by atoms with Crippen LogP contribution in [0.4, 0.5) is 11.4 Å². The number of anilines is 2. The monoisotopic (exact) mass is 1000 g/mol. The first kappa shape index (κ1) is 54.2. The van der Waals surface area contributed by atoms with Crippen LogP contribution in [0.15, 0.2) is 169 Å². The number of rotatable bonds is 11. The molecule has 2 aliphatic heterocycles. The number of carbonyl (C=O) groups is 2. The van der Waals surface area contributed by atoms with Crippen LogP contribution in [-0.2, 0) is 40.1 Å². The molecule has 0 aliphatic carbocycles. The van der Waals surface area contributed by atoms with Crippen molar-refractivity contribution in [3.8, 4) is 36.0 Å². The number of carboxylic acids is 2. The van der Waals surface area contributed by atoms with Crippen LogP contribution in [0.3, 0.4) is 0 Å². The molecule has 0 saturated heterocycles. The lowest BCUT2D eigenvalue weighted by atomic mass is 9.77. The molecule has 0 saturated carbocycles. The third-order valence-electron chi connectivity index (χ3n) is 13.1. The molecule has 3 heterocycles. The Bertz CT molecular complexity index is 3420. The summed E-state index contributed by atoms with van der Waals surface area (Å²) in [5.41, 5.74) is 21.7. The molecule has 0 fully saturated rings. The fourth-order valence-corrected chi connectivity index (χ4v) is 8.77. The van der Waals surface area contributed by atoms with Gasteiger partial charge in [-0.1, -0.05) is 153 Å². The zero-order valence-corrected chi connectivity index (χ0v) is 43.3. The fourth-order valence-electron chi connectivity index (χ4n) is 8.77. The summed E-state index contributed by atoms with van der Waals surface area (Å²) in [6, 6.07) is 47.8. The SMILES string of the molecule is C#CCN1CCC(C)(C)c2cc(C#Cc3ccc(/C=C/C(=O)O)cc3)ccc21.CC1(C)CCN(Cc2cn(Cc3ccccc3)nn2)c2ccc(C#Cc3ccc(/C=C/C(=O)O)cc3)cc21.[N-]=[N+]=NCc1ccccc1. The Morgan fingerprint density at radius 2 is 1.11 bits per heavy atom. The number of terminal acetylenes is 1. The predicted octanol–water partition coefficient (Wildman–Crippen LogP) is 12.3. The number of benzene rings is 6. The number of fused-ring (bicyclic) bond motifs is 2. The minimum absolute atomic E-state index is 0.0482. The fraction of sp³-hybridized carbons (Fsp3) is 0.219. The first-order chi connectivity index (χ1) is 36.7. The number of carboxylic acid groups (broad SMARTS) is 2. The van der Waals surface area contributed by atoms with E-state index in [9.17, 15) is 9.59 Å². The lowest BCUT2D eigenvalue weighted by Crippen LogP contribution is -2.37. The molecule has 0 radical (unpaired) electrons. The van der Waals surface area contributed by atoms with Gasteiger partial charge in [-0.3, -0.25) is 0 Å². The molecule has 2 N–H and O–H groups in total. The lowest BCUT2D eigenvalue weighted by molar-refractivity contribution is -0.132. The quantitative estimate of drug-likeness (QED) is 0.0426. The van der Waals surface area contributed by atoms with Gasteiger partial charge in [0.1, 0.15) is 5.69 Å². The third kappa shape index (κ3) is 15.7. The van der Waals surface area contributed by atoms with Crippen LogP contribution in [0.5, 0.6) is 0 Å². The standard InChI is InChI=1S/C32H30N4O2.C25H23NO2.C7H7N3/c1-32(2)18-19-35(22-28-23-36(34-33-28)21-27-6-4-3-5-7-27)30-16-14-26(20-29(30)32)13-12-24-8-10-25(11-9-24)15-17-31(37)38;1-4-16-26-17-15-25(2,3)22-18-21(11-13-23(22)26)10-9-19-5-7-20(8-6-19)12-14-24(27)28;8-10-9-6-7-4-2-1-3-5-7/h3-11,14-17,20,23H,18-19,21-22H2,1-2H3,(H,37,38);1,5-8,11-14,18H,15-17H2,2-3H3,(H,27,28);1-5H,6H2/b17-15+;14-12+;. The minimum Gasteiger partial charge on any atom is -0.478 e. The second kappa shape index (κ2) is 25.9. The zero-order chi connectivity index (χ0) is 53.9. The number of aliphatic carboxylic acids is 2. The van der Waals surface area contributed by atoms with Crippen molar-refractivity contribution in [2.75, 3.05) is 29.4 Å². The van der Waals surface area contributed by atoms with Gasteiger partial charge in [-0.25, -0.2) is 14.3 Å². The lowest BCUT2D eigenvalue weighted by Gasteiger charge is -2.40. The van der Waals surface area contributed by atoms with Crippen LogP contribution in [0.1, 0.15) is 102 Å². The van der Waals surface area contributed by atoms with Gasteiger partial charge in [-0.2, -0.15) is 0 Å². The van der Waals surface area contributed by atoms with Gasteiger partial charge in [0.05, 0.1) is 32.4 Å². The molecular weight excluding hydrogens is 945 g/mol. The van der Waals surface area contributed by atoms with Gasteiger partial charge >= 0.3 is 11.9 Å². The van der Waals surface area contributed by atoms with Gasteiger partial charge in [-0.15, -0.1) is 11.5 Å². The molecule has 12 nitrogen and oxygen atoms in total. The number of hydrogen-bond acceptors (Lipinski definition) is 7. The molecular formula is C64H60N8O4. The van der Waals surface area contributed by atoms with E-state index in [1.54, 1.807) is 12.2 Å². The van der Waals surface area contributed by atoms with E-state index in [0.29, 0.717) is 26.2 Å². The van der Waals surface area contributed by atoms with E-state index in [1.165, 1.54) is 28.1 Å². The third-order valence-corrected chi connectivity index (χ3v) is 13.1. The molecule has 9 rings (SSSR count). The Morgan fingerprint density at radius 3 is 1.59 bits per heavy atom. The summed E-state index contributed by atoms with van der Waals surface area (Å²) in [6.07, 6.45) is 15.0. The highest BCUT2D eigenvalue weighted by Crippen LogP contribution is 2.41. The highest BCUT2D eigenvalue weighted by atomic mass is 16.4. The molecule has 6 aromatic carbocycles. The van der Waals surface area contributed by atoms with Crippen molar-refractivity contribution < 1.29 is 19.8 Å². The van der Waals surface area contributed by atoms with E-state index in [4.69, 9.17) is 22.2 Å². The maximum Gasteiger partial charge on any atom is 0.328 e. The van der Waals surface area contributed by atoms with Gasteiger partial charge in [0.2, 0.25) is 0 Å².